The lowest BCUT2D eigenvalue weighted by atomic mass is 9.98. The molecular formula is C15H27N3. The summed E-state index contributed by atoms with van der Waals surface area (Å²) in [5.41, 5.74) is -0.273. The van der Waals surface area contributed by atoms with E-state index in [0.29, 0.717) is 18.1 Å². The van der Waals surface area contributed by atoms with Crippen LogP contribution in [-0.2, 0) is 0 Å². The van der Waals surface area contributed by atoms with Crippen molar-refractivity contribution in [3.05, 3.63) is 0 Å². The van der Waals surface area contributed by atoms with Crippen LogP contribution in [0.1, 0.15) is 53.4 Å². The number of hydrogen-bond donors (Lipinski definition) is 1. The highest BCUT2D eigenvalue weighted by atomic mass is 15.2. The number of hydrogen-bond acceptors (Lipinski definition) is 3. The van der Waals surface area contributed by atoms with Gasteiger partial charge in [-0.05, 0) is 52.4 Å². The number of rotatable bonds is 3. The highest BCUT2D eigenvalue weighted by molar-refractivity contribution is 5.14. The fourth-order valence-electron chi connectivity index (χ4n) is 3.96. The maximum absolute atomic E-state index is 9.51. The van der Waals surface area contributed by atoms with Crippen molar-refractivity contribution in [2.24, 2.45) is 5.92 Å². The zero-order valence-electron chi connectivity index (χ0n) is 12.2. The summed E-state index contributed by atoms with van der Waals surface area (Å²) in [5.74, 6) is 0.815. The van der Waals surface area contributed by atoms with Crippen molar-refractivity contribution >= 4 is 0 Å². The van der Waals surface area contributed by atoms with Crippen molar-refractivity contribution in [1.29, 1.82) is 5.26 Å². The molecule has 0 aromatic rings. The lowest BCUT2D eigenvalue weighted by Crippen LogP contribution is -2.47. The Balaban J connectivity index is 2.01. The summed E-state index contributed by atoms with van der Waals surface area (Å²) in [5, 5.41) is 13.0. The van der Waals surface area contributed by atoms with Gasteiger partial charge in [-0.1, -0.05) is 6.92 Å². The molecule has 0 spiro atoms. The van der Waals surface area contributed by atoms with E-state index < -0.39 is 0 Å². The average Bonchev–Trinajstić information content (AvgIpc) is 2.82. The van der Waals surface area contributed by atoms with E-state index in [1.807, 2.05) is 0 Å². The van der Waals surface area contributed by atoms with Gasteiger partial charge in [-0.3, -0.25) is 10.2 Å². The van der Waals surface area contributed by atoms with Crippen molar-refractivity contribution in [3.8, 4) is 6.07 Å². The number of nitrogens with zero attached hydrogens (tertiary/aromatic N) is 2. The van der Waals surface area contributed by atoms with Crippen molar-refractivity contribution in [1.82, 2.24) is 10.2 Å². The van der Waals surface area contributed by atoms with Crippen LogP contribution in [0.4, 0.5) is 0 Å². The highest BCUT2D eigenvalue weighted by Crippen LogP contribution is 2.37. The summed E-state index contributed by atoms with van der Waals surface area (Å²) in [6, 6.07) is 4.24. The molecule has 18 heavy (non-hydrogen) atoms. The predicted octanol–water partition coefficient (Wildman–Crippen LogP) is 2.53. The number of likely N-dealkylation sites (tertiary alicyclic amines) is 1. The van der Waals surface area contributed by atoms with Gasteiger partial charge in [0.15, 0.2) is 0 Å². The van der Waals surface area contributed by atoms with Crippen molar-refractivity contribution in [2.45, 2.75) is 77.0 Å². The zero-order chi connectivity index (χ0) is 13.3. The first-order valence-electron chi connectivity index (χ1n) is 7.40. The van der Waals surface area contributed by atoms with Crippen molar-refractivity contribution < 1.29 is 0 Å². The minimum atomic E-state index is -0.273. The van der Waals surface area contributed by atoms with Crippen LogP contribution in [0.2, 0.25) is 0 Å². The van der Waals surface area contributed by atoms with Crippen molar-refractivity contribution in [2.75, 3.05) is 6.54 Å². The molecule has 3 nitrogen and oxygen atoms in total. The standard InChI is InChI=1S/C15H27N3/c1-11(2)17-15(10-16)6-5-14(8-15)18-9-12(3)7-13(18)4/h11-14,17H,5-9H2,1-4H3. The van der Waals surface area contributed by atoms with Gasteiger partial charge in [0.2, 0.25) is 0 Å². The maximum atomic E-state index is 9.51. The van der Waals surface area contributed by atoms with Crippen LogP contribution in [0.25, 0.3) is 0 Å². The highest BCUT2D eigenvalue weighted by Gasteiger charge is 2.44. The van der Waals surface area contributed by atoms with E-state index in [-0.39, 0.29) is 5.54 Å². The van der Waals surface area contributed by atoms with Gasteiger partial charge in [-0.2, -0.15) is 5.26 Å². The molecule has 0 radical (unpaired) electrons. The van der Waals surface area contributed by atoms with Crippen LogP contribution >= 0.6 is 0 Å². The van der Waals surface area contributed by atoms with Gasteiger partial charge in [0.25, 0.3) is 0 Å². The van der Waals surface area contributed by atoms with E-state index in [9.17, 15) is 5.26 Å². The zero-order valence-corrected chi connectivity index (χ0v) is 12.2. The summed E-state index contributed by atoms with van der Waals surface area (Å²) in [7, 11) is 0. The Labute approximate surface area is 112 Å². The number of nitrogens with one attached hydrogen (secondary N) is 1. The largest absolute Gasteiger partial charge is 0.297 e. The third-order valence-corrected chi connectivity index (χ3v) is 4.57. The molecule has 102 valence electrons. The molecule has 1 heterocycles. The minimum Gasteiger partial charge on any atom is -0.297 e. The Hall–Kier alpha value is -0.590. The lowest BCUT2D eigenvalue weighted by molar-refractivity contribution is 0.182. The molecule has 0 aromatic carbocycles. The monoisotopic (exact) mass is 249 g/mol. The fraction of sp³-hybridized carbons (Fsp3) is 0.933. The lowest BCUT2D eigenvalue weighted by Gasteiger charge is -2.30. The van der Waals surface area contributed by atoms with Gasteiger partial charge >= 0.3 is 0 Å². The minimum absolute atomic E-state index is 0.273. The fourth-order valence-corrected chi connectivity index (χ4v) is 3.96. The molecule has 4 unspecified atom stereocenters. The molecule has 2 fully saturated rings. The average molecular weight is 249 g/mol. The summed E-state index contributed by atoms with van der Waals surface area (Å²) in [6.07, 6.45) is 4.49. The van der Waals surface area contributed by atoms with Gasteiger partial charge in [0.1, 0.15) is 5.54 Å². The van der Waals surface area contributed by atoms with E-state index in [1.54, 1.807) is 0 Å². The molecule has 4 atom stereocenters. The van der Waals surface area contributed by atoms with Crippen LogP contribution in [-0.4, -0.2) is 35.1 Å². The first-order chi connectivity index (χ1) is 8.46. The quantitative estimate of drug-likeness (QED) is 0.835. The number of nitriles is 1. The maximum Gasteiger partial charge on any atom is 0.108 e. The summed E-state index contributed by atoms with van der Waals surface area (Å²) in [6.45, 7) is 10.2. The van der Waals surface area contributed by atoms with Gasteiger partial charge in [-0.15, -0.1) is 0 Å². The molecule has 3 heteroatoms. The normalized spacial score (nSPS) is 41.4. The third-order valence-electron chi connectivity index (χ3n) is 4.57. The van der Waals surface area contributed by atoms with Gasteiger partial charge in [0, 0.05) is 24.7 Å². The summed E-state index contributed by atoms with van der Waals surface area (Å²) >= 11 is 0. The molecule has 1 N–H and O–H groups in total. The Morgan fingerprint density at radius 1 is 1.39 bits per heavy atom. The first kappa shape index (κ1) is 13.8. The summed E-state index contributed by atoms with van der Waals surface area (Å²) in [4.78, 5) is 2.64. The Bertz CT molecular complexity index is 333. The van der Waals surface area contributed by atoms with E-state index in [1.165, 1.54) is 19.4 Å². The van der Waals surface area contributed by atoms with E-state index in [4.69, 9.17) is 0 Å². The molecule has 2 rings (SSSR count). The molecule has 0 bridgehead atoms. The topological polar surface area (TPSA) is 39.1 Å². The molecule has 1 aliphatic carbocycles. The third kappa shape index (κ3) is 2.70. The molecular weight excluding hydrogens is 222 g/mol. The second-order valence-electron chi connectivity index (χ2n) is 6.78. The van der Waals surface area contributed by atoms with E-state index >= 15 is 0 Å². The van der Waals surface area contributed by atoms with Crippen LogP contribution in [0.5, 0.6) is 0 Å². The van der Waals surface area contributed by atoms with E-state index in [2.05, 4.69) is 44.0 Å². The van der Waals surface area contributed by atoms with Gasteiger partial charge in [-0.25, -0.2) is 0 Å². The molecule has 1 saturated heterocycles. The predicted molar refractivity (Wildman–Crippen MR) is 74.2 cm³/mol. The molecule has 2 aliphatic rings. The Morgan fingerprint density at radius 3 is 2.61 bits per heavy atom. The van der Waals surface area contributed by atoms with E-state index in [0.717, 1.165) is 18.8 Å². The van der Waals surface area contributed by atoms with Gasteiger partial charge < -0.3 is 0 Å². The second-order valence-corrected chi connectivity index (χ2v) is 6.78. The molecule has 0 aromatic heterocycles. The summed E-state index contributed by atoms with van der Waals surface area (Å²) < 4.78 is 0. The Morgan fingerprint density at radius 2 is 2.11 bits per heavy atom. The van der Waals surface area contributed by atoms with Crippen molar-refractivity contribution in [3.63, 3.8) is 0 Å². The Kier molecular flexibility index (Phi) is 3.99. The molecule has 1 saturated carbocycles. The van der Waals surface area contributed by atoms with Crippen LogP contribution in [0.15, 0.2) is 0 Å². The smallest absolute Gasteiger partial charge is 0.108 e. The second kappa shape index (κ2) is 5.19. The molecule has 0 amide bonds. The SMILES string of the molecule is CC1CC(C)N(C2CCC(C#N)(NC(C)C)C2)C1. The first-order valence-corrected chi connectivity index (χ1v) is 7.40. The molecule has 1 aliphatic heterocycles. The van der Waals surface area contributed by atoms with Crippen LogP contribution < -0.4 is 5.32 Å². The van der Waals surface area contributed by atoms with Crippen LogP contribution in [0.3, 0.4) is 0 Å². The van der Waals surface area contributed by atoms with Gasteiger partial charge in [0.05, 0.1) is 6.07 Å². The van der Waals surface area contributed by atoms with Crippen LogP contribution in [0, 0.1) is 17.2 Å².